The van der Waals surface area contributed by atoms with E-state index in [1.165, 1.54) is 24.5 Å². The van der Waals surface area contributed by atoms with E-state index in [-0.39, 0.29) is 36.0 Å². The highest BCUT2D eigenvalue weighted by Crippen LogP contribution is 2.35. The van der Waals surface area contributed by atoms with Gasteiger partial charge in [0, 0.05) is 30.9 Å². The van der Waals surface area contributed by atoms with Gasteiger partial charge >= 0.3 is 6.18 Å². The molecule has 0 radical (unpaired) electrons. The molecule has 1 unspecified atom stereocenters. The van der Waals surface area contributed by atoms with E-state index in [1.807, 2.05) is 0 Å². The zero-order valence-electron chi connectivity index (χ0n) is 21.8. The number of aromatic nitrogens is 2. The third-order valence-corrected chi connectivity index (χ3v) is 7.12. The summed E-state index contributed by atoms with van der Waals surface area (Å²) in [5.74, 6) is -0.688. The van der Waals surface area contributed by atoms with Crippen molar-refractivity contribution < 1.29 is 32.2 Å². The minimum atomic E-state index is -4.60. The standard InChI is InChI=1S/C26H28F3N7O4/c1-24(2)39-13-18(40-24)12-38-21-9-20(30-14-31-21)34-23(37)25(15-4-3-5-16(8-15)26(27,28)29)32-10-19-22(35-25)33-17-6-7-36(19)11-17/h3-5,8-10,14,17-18,32H,6-7,11-13H2,1-2H3,(H,33,35)(H,30,31,34,37)/t17-,18-,25?/m0/s1. The van der Waals surface area contributed by atoms with Gasteiger partial charge in [0.2, 0.25) is 11.5 Å². The van der Waals surface area contributed by atoms with Crippen molar-refractivity contribution in [1.82, 2.24) is 25.5 Å². The van der Waals surface area contributed by atoms with E-state index in [1.54, 1.807) is 20.0 Å². The number of hydrogen-bond donors (Lipinski definition) is 3. The molecule has 4 aliphatic heterocycles. The topological polar surface area (TPSA) is 122 Å². The average Bonchev–Trinajstić information content (AvgIpc) is 3.48. The highest BCUT2D eigenvalue weighted by atomic mass is 19.4. The molecule has 2 saturated heterocycles. The lowest BCUT2D eigenvalue weighted by molar-refractivity contribution is -0.141. The van der Waals surface area contributed by atoms with E-state index in [0.29, 0.717) is 12.4 Å². The van der Waals surface area contributed by atoms with E-state index >= 15 is 0 Å². The van der Waals surface area contributed by atoms with Gasteiger partial charge in [-0.05, 0) is 32.4 Å². The lowest BCUT2D eigenvalue weighted by Gasteiger charge is -2.42. The number of amidine groups is 1. The highest BCUT2D eigenvalue weighted by molar-refractivity contribution is 6.07. The van der Waals surface area contributed by atoms with Crippen LogP contribution in [0.25, 0.3) is 0 Å². The molecule has 0 aliphatic carbocycles. The number of anilines is 1. The molecule has 1 aromatic heterocycles. The summed E-state index contributed by atoms with van der Waals surface area (Å²) in [6, 6.07) is 6.08. The first-order valence-corrected chi connectivity index (χ1v) is 12.9. The molecule has 11 nitrogen and oxygen atoms in total. The molecule has 2 aromatic rings. The normalized spacial score (nSPS) is 26.7. The van der Waals surface area contributed by atoms with Crippen LogP contribution in [-0.2, 0) is 26.1 Å². The van der Waals surface area contributed by atoms with E-state index in [2.05, 4.69) is 30.8 Å². The van der Waals surface area contributed by atoms with Crippen LogP contribution in [0.5, 0.6) is 5.88 Å². The second-order valence-electron chi connectivity index (χ2n) is 10.5. The predicted molar refractivity (Wildman–Crippen MR) is 136 cm³/mol. The van der Waals surface area contributed by atoms with Crippen LogP contribution in [0.2, 0.25) is 0 Å². The number of nitrogens with one attached hydrogen (secondary N) is 3. The molecular weight excluding hydrogens is 531 g/mol. The lowest BCUT2D eigenvalue weighted by atomic mass is 9.94. The van der Waals surface area contributed by atoms with Gasteiger partial charge in [-0.3, -0.25) is 9.79 Å². The Hall–Kier alpha value is -3.91. The number of ether oxygens (including phenoxy) is 3. The lowest BCUT2D eigenvalue weighted by Crippen LogP contribution is -2.65. The van der Waals surface area contributed by atoms with Gasteiger partial charge < -0.3 is 35.1 Å². The van der Waals surface area contributed by atoms with E-state index in [0.717, 1.165) is 37.3 Å². The molecule has 40 heavy (non-hydrogen) atoms. The first-order chi connectivity index (χ1) is 19.0. The summed E-state index contributed by atoms with van der Waals surface area (Å²) in [6.07, 6.45) is -1.21. The van der Waals surface area contributed by atoms with Crippen LogP contribution in [0.4, 0.5) is 19.0 Å². The fraction of sp³-hybridized carbons (Fsp3) is 0.462. The van der Waals surface area contributed by atoms with Crippen molar-refractivity contribution in [2.75, 3.05) is 31.6 Å². The Balaban J connectivity index is 1.27. The Labute approximate surface area is 227 Å². The number of amides is 1. The minimum Gasteiger partial charge on any atom is -0.475 e. The first kappa shape index (κ1) is 26.3. The van der Waals surface area contributed by atoms with E-state index in [9.17, 15) is 18.0 Å². The molecule has 3 N–H and O–H groups in total. The van der Waals surface area contributed by atoms with Gasteiger partial charge in [-0.25, -0.2) is 9.97 Å². The van der Waals surface area contributed by atoms with Gasteiger partial charge in [-0.15, -0.1) is 0 Å². The third-order valence-electron chi connectivity index (χ3n) is 7.12. The van der Waals surface area contributed by atoms with Crippen molar-refractivity contribution in [3.8, 4) is 5.88 Å². The second-order valence-corrected chi connectivity index (χ2v) is 10.5. The Morgan fingerprint density at radius 3 is 2.90 bits per heavy atom. The Morgan fingerprint density at radius 2 is 2.12 bits per heavy atom. The maximum absolute atomic E-state index is 13.9. The minimum absolute atomic E-state index is 0.0430. The summed E-state index contributed by atoms with van der Waals surface area (Å²) in [5, 5.41) is 8.84. The fourth-order valence-corrected chi connectivity index (χ4v) is 5.17. The molecule has 3 atom stereocenters. The molecular formula is C26H28F3N7O4. The van der Waals surface area contributed by atoms with Gasteiger partial charge in [0.15, 0.2) is 5.79 Å². The van der Waals surface area contributed by atoms with Gasteiger partial charge in [-0.2, -0.15) is 13.2 Å². The number of halogens is 3. The quantitative estimate of drug-likeness (QED) is 0.490. The zero-order chi connectivity index (χ0) is 28.1. The summed E-state index contributed by atoms with van der Waals surface area (Å²) in [4.78, 5) is 28.9. The second kappa shape index (κ2) is 9.63. The number of fused-ring (bicyclic) bond motifs is 4. The Kier molecular flexibility index (Phi) is 6.33. The van der Waals surface area contributed by atoms with Crippen LogP contribution in [0.1, 0.15) is 31.4 Å². The fourth-order valence-electron chi connectivity index (χ4n) is 5.17. The molecule has 1 amide bonds. The number of rotatable bonds is 6. The van der Waals surface area contributed by atoms with Crippen LogP contribution in [0.15, 0.2) is 53.5 Å². The number of carbonyl (C=O) groups is 1. The molecule has 6 rings (SSSR count). The number of alkyl halides is 3. The molecule has 212 valence electrons. The molecule has 0 spiro atoms. The van der Waals surface area contributed by atoms with Crippen molar-refractivity contribution in [2.24, 2.45) is 4.99 Å². The number of nitrogens with zero attached hydrogens (tertiary/aromatic N) is 4. The molecule has 14 heteroatoms. The summed E-state index contributed by atoms with van der Waals surface area (Å²) in [7, 11) is 0. The monoisotopic (exact) mass is 559 g/mol. The van der Waals surface area contributed by atoms with Crippen LogP contribution in [-0.4, -0.2) is 70.8 Å². The van der Waals surface area contributed by atoms with Crippen molar-refractivity contribution in [1.29, 1.82) is 0 Å². The van der Waals surface area contributed by atoms with E-state index < -0.39 is 29.1 Å². The maximum atomic E-state index is 13.9. The van der Waals surface area contributed by atoms with Crippen molar-refractivity contribution >= 4 is 17.6 Å². The van der Waals surface area contributed by atoms with Crippen molar-refractivity contribution in [3.05, 3.63) is 59.7 Å². The van der Waals surface area contributed by atoms with Crippen LogP contribution >= 0.6 is 0 Å². The Morgan fingerprint density at radius 1 is 1.27 bits per heavy atom. The number of hydrogen-bond acceptors (Lipinski definition) is 10. The SMILES string of the molecule is CC1(C)OC[C@H](COc2cc(NC(=O)C3(c4cccc(C(F)(F)F)c4)NC=C4C(=N[C@H]5CCN4C5)N3)ncn2)O1. The Bertz CT molecular complexity index is 1380. The maximum Gasteiger partial charge on any atom is 0.416 e. The number of benzene rings is 1. The molecule has 2 bridgehead atoms. The number of aliphatic imine (C=N–C) groups is 1. The molecule has 1 aromatic carbocycles. The summed E-state index contributed by atoms with van der Waals surface area (Å²) in [6.45, 7) is 5.68. The van der Waals surface area contributed by atoms with Crippen LogP contribution in [0, 0.1) is 0 Å². The smallest absolute Gasteiger partial charge is 0.416 e. The average molecular weight is 560 g/mol. The van der Waals surface area contributed by atoms with Crippen molar-refractivity contribution in [2.45, 2.75) is 50.0 Å². The largest absolute Gasteiger partial charge is 0.475 e. The van der Waals surface area contributed by atoms with Crippen molar-refractivity contribution in [3.63, 3.8) is 0 Å². The van der Waals surface area contributed by atoms with Gasteiger partial charge in [0.05, 0.1) is 23.9 Å². The molecule has 0 saturated carbocycles. The molecule has 5 heterocycles. The van der Waals surface area contributed by atoms with Crippen LogP contribution in [0.3, 0.4) is 0 Å². The predicted octanol–water partition coefficient (Wildman–Crippen LogP) is 2.34. The first-order valence-electron chi connectivity index (χ1n) is 12.9. The highest BCUT2D eigenvalue weighted by Gasteiger charge is 2.47. The van der Waals surface area contributed by atoms with Crippen LogP contribution < -0.4 is 20.7 Å². The van der Waals surface area contributed by atoms with Gasteiger partial charge in [-0.1, -0.05) is 12.1 Å². The number of carbonyl (C=O) groups excluding carboxylic acids is 1. The van der Waals surface area contributed by atoms with Gasteiger partial charge in [0.1, 0.15) is 30.7 Å². The zero-order valence-corrected chi connectivity index (χ0v) is 21.8. The summed E-state index contributed by atoms with van der Waals surface area (Å²) in [5.41, 5.74) is -1.89. The van der Waals surface area contributed by atoms with E-state index in [4.69, 9.17) is 19.2 Å². The third kappa shape index (κ3) is 5.04. The summed E-state index contributed by atoms with van der Waals surface area (Å²) >= 11 is 0. The molecule has 4 aliphatic rings. The van der Waals surface area contributed by atoms with Gasteiger partial charge in [0.25, 0.3) is 5.91 Å². The summed E-state index contributed by atoms with van der Waals surface area (Å²) < 4.78 is 57.9. The molecule has 2 fully saturated rings.